The van der Waals surface area contributed by atoms with Crippen LogP contribution < -0.4 is 5.06 Å². The second-order valence-corrected chi connectivity index (χ2v) is 6.99. The molecule has 0 saturated carbocycles. The van der Waals surface area contributed by atoms with Crippen LogP contribution in [0.15, 0.2) is 89.8 Å². The maximum Gasteiger partial charge on any atom is 0.343 e. The molecule has 3 rings (SSSR count). The fraction of sp³-hybridized carbons (Fsp3) is 0.0476. The molecule has 27 heavy (non-hydrogen) atoms. The summed E-state index contributed by atoms with van der Waals surface area (Å²) in [5, 5.41) is 1.52. The van der Waals surface area contributed by atoms with Crippen LogP contribution in [0.3, 0.4) is 0 Å². The number of benzene rings is 3. The minimum atomic E-state index is -0.525. The normalized spacial score (nSPS) is 10.3. The first-order chi connectivity index (χ1) is 13.1. The molecule has 1 amide bonds. The van der Waals surface area contributed by atoms with Gasteiger partial charge < -0.3 is 4.84 Å². The van der Waals surface area contributed by atoms with Crippen molar-refractivity contribution in [3.8, 4) is 0 Å². The third-order valence-corrected chi connectivity index (χ3v) is 4.80. The lowest BCUT2D eigenvalue weighted by atomic mass is 10.2. The molecular weight excluding hydrogens is 382 g/mol. The van der Waals surface area contributed by atoms with Crippen LogP contribution in [0, 0.1) is 0 Å². The van der Waals surface area contributed by atoms with Crippen molar-refractivity contribution in [3.05, 3.63) is 95.5 Å². The van der Waals surface area contributed by atoms with E-state index in [2.05, 4.69) is 0 Å². The second kappa shape index (κ2) is 9.26. The van der Waals surface area contributed by atoms with Gasteiger partial charge in [-0.25, -0.2) is 4.79 Å². The van der Waals surface area contributed by atoms with Crippen molar-refractivity contribution in [1.29, 1.82) is 0 Å². The van der Waals surface area contributed by atoms with Crippen LogP contribution in [-0.2, 0) is 9.63 Å². The van der Waals surface area contributed by atoms with E-state index in [9.17, 15) is 9.59 Å². The first-order valence-electron chi connectivity index (χ1n) is 8.17. The van der Waals surface area contributed by atoms with Crippen LogP contribution in [0.25, 0.3) is 0 Å². The van der Waals surface area contributed by atoms with E-state index >= 15 is 0 Å². The van der Waals surface area contributed by atoms with Crippen molar-refractivity contribution in [2.75, 3.05) is 10.8 Å². The zero-order valence-electron chi connectivity index (χ0n) is 14.2. The number of amides is 1. The Labute approximate surface area is 166 Å². The molecule has 3 aromatic carbocycles. The van der Waals surface area contributed by atoms with Gasteiger partial charge in [0.05, 0.1) is 11.4 Å². The monoisotopic (exact) mass is 397 g/mol. The Hall–Kier alpha value is -2.76. The molecule has 0 saturated heterocycles. The highest BCUT2D eigenvalue weighted by Gasteiger charge is 2.22. The minimum absolute atomic E-state index is 0.0795. The average molecular weight is 398 g/mol. The lowest BCUT2D eigenvalue weighted by Crippen LogP contribution is -2.34. The molecule has 0 aliphatic rings. The maximum absolute atomic E-state index is 12.8. The van der Waals surface area contributed by atoms with Gasteiger partial charge in [-0.15, -0.1) is 16.8 Å². The van der Waals surface area contributed by atoms with E-state index in [0.29, 0.717) is 16.3 Å². The number of anilines is 1. The molecule has 0 aromatic heterocycles. The van der Waals surface area contributed by atoms with Crippen molar-refractivity contribution in [2.24, 2.45) is 0 Å². The highest BCUT2D eigenvalue weighted by Crippen LogP contribution is 2.22. The van der Waals surface area contributed by atoms with Crippen LogP contribution >= 0.6 is 23.4 Å². The van der Waals surface area contributed by atoms with Gasteiger partial charge in [-0.2, -0.15) is 0 Å². The number of hydrogen-bond donors (Lipinski definition) is 0. The Kier molecular flexibility index (Phi) is 6.52. The topological polar surface area (TPSA) is 46.6 Å². The van der Waals surface area contributed by atoms with Gasteiger partial charge in [0.1, 0.15) is 0 Å². The van der Waals surface area contributed by atoms with Crippen molar-refractivity contribution in [3.63, 3.8) is 0 Å². The molecule has 0 heterocycles. The van der Waals surface area contributed by atoms with Crippen molar-refractivity contribution in [1.82, 2.24) is 0 Å². The number of carbonyl (C=O) groups is 2. The Bertz CT molecular complexity index is 902. The molecular formula is C21H16ClNO3S. The highest BCUT2D eigenvalue weighted by atomic mass is 35.5. The van der Waals surface area contributed by atoms with Gasteiger partial charge in [0.25, 0.3) is 5.91 Å². The summed E-state index contributed by atoms with van der Waals surface area (Å²) < 4.78 is 0. The molecule has 0 atom stereocenters. The van der Waals surface area contributed by atoms with Crippen LogP contribution in [0.4, 0.5) is 5.69 Å². The summed E-state index contributed by atoms with van der Waals surface area (Å²) >= 11 is 7.26. The number of carbonyl (C=O) groups excluding carboxylic acids is 2. The third kappa shape index (κ3) is 5.36. The van der Waals surface area contributed by atoms with Gasteiger partial charge in [-0.3, -0.25) is 4.79 Å². The zero-order chi connectivity index (χ0) is 19.1. The number of hydroxylamine groups is 1. The summed E-state index contributed by atoms with van der Waals surface area (Å²) in [4.78, 5) is 31.5. The predicted octanol–water partition coefficient (Wildman–Crippen LogP) is 5.24. The number of hydrogen-bond acceptors (Lipinski definition) is 4. The summed E-state index contributed by atoms with van der Waals surface area (Å²) in [6, 6.07) is 24.7. The molecule has 0 aliphatic carbocycles. The van der Waals surface area contributed by atoms with E-state index < -0.39 is 11.9 Å². The van der Waals surface area contributed by atoms with Gasteiger partial charge in [0, 0.05) is 15.5 Å². The smallest absolute Gasteiger partial charge is 0.332 e. The molecule has 136 valence electrons. The molecule has 0 radical (unpaired) electrons. The zero-order valence-corrected chi connectivity index (χ0v) is 15.8. The first-order valence-corrected chi connectivity index (χ1v) is 9.53. The molecule has 0 unspecified atom stereocenters. The number of halogens is 1. The quantitative estimate of drug-likeness (QED) is 0.436. The molecule has 0 fully saturated rings. The second-order valence-electron chi connectivity index (χ2n) is 5.51. The van der Waals surface area contributed by atoms with Gasteiger partial charge in [0.2, 0.25) is 0 Å². The SMILES string of the molecule is O=C(CSc1ccccc1)ON(C(=O)c1ccccc1)c1ccc(Cl)cc1. The molecule has 0 bridgehead atoms. The van der Waals surface area contributed by atoms with E-state index in [-0.39, 0.29) is 5.75 Å². The molecule has 0 aliphatic heterocycles. The van der Waals surface area contributed by atoms with Crippen molar-refractivity contribution in [2.45, 2.75) is 4.90 Å². The number of thioether (sulfide) groups is 1. The minimum Gasteiger partial charge on any atom is -0.332 e. The summed E-state index contributed by atoms with van der Waals surface area (Å²) in [6.07, 6.45) is 0. The van der Waals surface area contributed by atoms with Crippen LogP contribution in [0.2, 0.25) is 5.02 Å². The lowest BCUT2D eigenvalue weighted by molar-refractivity contribution is -0.140. The van der Waals surface area contributed by atoms with Crippen LogP contribution in [-0.4, -0.2) is 17.6 Å². The highest BCUT2D eigenvalue weighted by molar-refractivity contribution is 8.00. The Morgan fingerprint density at radius 3 is 2.07 bits per heavy atom. The van der Waals surface area contributed by atoms with E-state index in [1.807, 2.05) is 36.4 Å². The fourth-order valence-electron chi connectivity index (χ4n) is 2.27. The summed E-state index contributed by atoms with van der Waals surface area (Å²) in [5.74, 6) is -0.880. The van der Waals surface area contributed by atoms with Crippen molar-refractivity contribution >= 4 is 40.9 Å². The molecule has 6 heteroatoms. The van der Waals surface area contributed by atoms with Crippen molar-refractivity contribution < 1.29 is 14.4 Å². The maximum atomic E-state index is 12.8. The lowest BCUT2D eigenvalue weighted by Gasteiger charge is -2.21. The van der Waals surface area contributed by atoms with Gasteiger partial charge in [0.15, 0.2) is 0 Å². The predicted molar refractivity (Wildman–Crippen MR) is 108 cm³/mol. The molecule has 0 spiro atoms. The Morgan fingerprint density at radius 1 is 0.852 bits per heavy atom. The van der Waals surface area contributed by atoms with Gasteiger partial charge in [-0.1, -0.05) is 48.0 Å². The van der Waals surface area contributed by atoms with E-state index in [1.54, 1.807) is 48.5 Å². The Balaban J connectivity index is 1.76. The summed E-state index contributed by atoms with van der Waals surface area (Å²) in [7, 11) is 0. The van der Waals surface area contributed by atoms with Gasteiger partial charge >= 0.3 is 5.97 Å². The fourth-order valence-corrected chi connectivity index (χ4v) is 3.09. The first kappa shape index (κ1) is 19.0. The molecule has 4 nitrogen and oxygen atoms in total. The van der Waals surface area contributed by atoms with Crippen LogP contribution in [0.1, 0.15) is 10.4 Å². The summed E-state index contributed by atoms with van der Waals surface area (Å²) in [5.41, 5.74) is 0.835. The van der Waals surface area contributed by atoms with Gasteiger partial charge in [-0.05, 0) is 48.5 Å². The standard InChI is InChI=1S/C21H16ClNO3S/c22-17-11-13-18(14-12-17)23(21(25)16-7-3-1-4-8-16)26-20(24)15-27-19-9-5-2-6-10-19/h1-14H,15H2. The number of nitrogens with zero attached hydrogens (tertiary/aromatic N) is 1. The van der Waals surface area contributed by atoms with E-state index in [1.165, 1.54) is 11.8 Å². The van der Waals surface area contributed by atoms with Crippen LogP contribution in [0.5, 0.6) is 0 Å². The third-order valence-electron chi connectivity index (χ3n) is 3.56. The molecule has 0 N–H and O–H groups in total. The molecule has 3 aromatic rings. The van der Waals surface area contributed by atoms with E-state index in [4.69, 9.17) is 16.4 Å². The average Bonchev–Trinajstić information content (AvgIpc) is 2.72. The Morgan fingerprint density at radius 2 is 1.44 bits per heavy atom. The number of rotatable bonds is 5. The summed E-state index contributed by atoms with van der Waals surface area (Å²) in [6.45, 7) is 0. The largest absolute Gasteiger partial charge is 0.343 e. The van der Waals surface area contributed by atoms with E-state index in [0.717, 1.165) is 9.96 Å².